The largest absolute Gasteiger partial charge is 0.454 e. The highest BCUT2D eigenvalue weighted by atomic mass is 32.2. The molecule has 146 valence electrons. The lowest BCUT2D eigenvalue weighted by molar-refractivity contribution is -0.122. The number of anilines is 1. The maximum absolute atomic E-state index is 13.4. The van der Waals surface area contributed by atoms with Crippen LogP contribution in [0.4, 0.5) is 5.69 Å². The van der Waals surface area contributed by atoms with Crippen LogP contribution in [0, 0.1) is 5.92 Å². The van der Waals surface area contributed by atoms with Gasteiger partial charge in [-0.05, 0) is 30.7 Å². The fraction of sp³-hybridized carbons (Fsp3) is 0.368. The van der Waals surface area contributed by atoms with Gasteiger partial charge in [-0.25, -0.2) is 8.42 Å². The minimum absolute atomic E-state index is 0.0704. The van der Waals surface area contributed by atoms with Gasteiger partial charge in [0.25, 0.3) is 0 Å². The Labute approximate surface area is 162 Å². The molecule has 3 aliphatic rings. The molecule has 0 aliphatic carbocycles. The number of aromatic nitrogens is 1. The van der Waals surface area contributed by atoms with Crippen molar-refractivity contribution < 1.29 is 22.7 Å². The molecule has 0 unspecified atom stereocenters. The van der Waals surface area contributed by atoms with E-state index >= 15 is 0 Å². The van der Waals surface area contributed by atoms with Gasteiger partial charge >= 0.3 is 0 Å². The molecule has 3 aliphatic heterocycles. The van der Waals surface area contributed by atoms with Gasteiger partial charge in [0.2, 0.25) is 22.7 Å². The summed E-state index contributed by atoms with van der Waals surface area (Å²) in [5, 5.41) is 0. The third-order valence-corrected chi connectivity index (χ3v) is 7.88. The molecule has 1 aromatic carbocycles. The van der Waals surface area contributed by atoms with Crippen molar-refractivity contribution in [2.75, 3.05) is 25.3 Å². The molecule has 1 saturated heterocycles. The number of ether oxygens (including phenoxy) is 2. The summed E-state index contributed by atoms with van der Waals surface area (Å²) in [4.78, 5) is 18.9. The molecule has 0 spiro atoms. The molecule has 2 aromatic rings. The SMILES string of the molecule is C[C@H]1[C@@H]2c3cnccc3N(C)C(=O)[C@@H]2CN1S(=O)(=O)c1ccc2c(c1)OCO2. The number of hydrogen-bond donors (Lipinski definition) is 0. The molecule has 0 saturated carbocycles. The zero-order chi connectivity index (χ0) is 19.6. The van der Waals surface area contributed by atoms with E-state index in [-0.39, 0.29) is 36.1 Å². The fourth-order valence-corrected chi connectivity index (χ4v) is 6.21. The van der Waals surface area contributed by atoms with Crippen LogP contribution in [0.15, 0.2) is 41.6 Å². The normalized spacial score (nSPS) is 26.3. The molecular weight excluding hydrogens is 382 g/mol. The Morgan fingerprint density at radius 3 is 2.79 bits per heavy atom. The molecule has 1 fully saturated rings. The monoisotopic (exact) mass is 401 g/mol. The standard InChI is InChI=1S/C19H19N3O5S/c1-11-18-13-8-20-6-5-15(13)21(2)19(23)14(18)9-22(11)28(24,25)12-3-4-16-17(7-12)27-10-26-16/h3-8,11,14,18H,9-10H2,1-2H3/t11-,14+,18+/m0/s1. The van der Waals surface area contributed by atoms with E-state index in [9.17, 15) is 13.2 Å². The van der Waals surface area contributed by atoms with Gasteiger partial charge in [0.05, 0.1) is 10.8 Å². The number of fused-ring (bicyclic) bond motifs is 4. The maximum atomic E-state index is 13.4. The Morgan fingerprint density at radius 2 is 1.96 bits per heavy atom. The molecule has 3 atom stereocenters. The van der Waals surface area contributed by atoms with E-state index in [4.69, 9.17) is 9.47 Å². The van der Waals surface area contributed by atoms with E-state index in [1.54, 1.807) is 36.5 Å². The van der Waals surface area contributed by atoms with Crippen LogP contribution < -0.4 is 14.4 Å². The van der Waals surface area contributed by atoms with Crippen LogP contribution in [0.3, 0.4) is 0 Å². The number of benzene rings is 1. The van der Waals surface area contributed by atoms with E-state index in [2.05, 4.69) is 4.98 Å². The Balaban J connectivity index is 1.56. The lowest BCUT2D eigenvalue weighted by Crippen LogP contribution is -2.41. The summed E-state index contributed by atoms with van der Waals surface area (Å²) in [5.74, 6) is 0.213. The van der Waals surface area contributed by atoms with E-state index < -0.39 is 15.9 Å². The number of hydrogen-bond acceptors (Lipinski definition) is 6. The zero-order valence-electron chi connectivity index (χ0n) is 15.4. The Kier molecular flexibility index (Phi) is 3.69. The second kappa shape index (κ2) is 5.92. The van der Waals surface area contributed by atoms with Crippen molar-refractivity contribution in [1.82, 2.24) is 9.29 Å². The van der Waals surface area contributed by atoms with Crippen LogP contribution in [-0.4, -0.2) is 50.0 Å². The van der Waals surface area contributed by atoms with Gasteiger partial charge in [0, 0.05) is 49.7 Å². The predicted octanol–water partition coefficient (Wildman–Crippen LogP) is 1.58. The lowest BCUT2D eigenvalue weighted by Gasteiger charge is -2.34. The van der Waals surface area contributed by atoms with Gasteiger partial charge in [-0.1, -0.05) is 0 Å². The fourth-order valence-electron chi connectivity index (χ4n) is 4.52. The van der Waals surface area contributed by atoms with Crippen molar-refractivity contribution in [3.8, 4) is 11.5 Å². The Hall–Kier alpha value is -2.65. The van der Waals surface area contributed by atoms with Crippen molar-refractivity contribution in [3.63, 3.8) is 0 Å². The Bertz CT molecular complexity index is 1090. The minimum atomic E-state index is -3.80. The van der Waals surface area contributed by atoms with Crippen molar-refractivity contribution in [2.24, 2.45) is 5.92 Å². The highest BCUT2D eigenvalue weighted by Crippen LogP contribution is 2.48. The van der Waals surface area contributed by atoms with Gasteiger partial charge in [-0.2, -0.15) is 4.31 Å². The molecule has 0 N–H and O–H groups in total. The minimum Gasteiger partial charge on any atom is -0.454 e. The summed E-state index contributed by atoms with van der Waals surface area (Å²) >= 11 is 0. The van der Waals surface area contributed by atoms with E-state index in [1.165, 1.54) is 16.4 Å². The quantitative estimate of drug-likeness (QED) is 0.759. The number of carbonyl (C=O) groups excluding carboxylic acids is 1. The van der Waals surface area contributed by atoms with Crippen LogP contribution in [-0.2, 0) is 14.8 Å². The number of amides is 1. The van der Waals surface area contributed by atoms with Crippen molar-refractivity contribution in [1.29, 1.82) is 0 Å². The molecule has 4 heterocycles. The van der Waals surface area contributed by atoms with Gasteiger partial charge in [0.15, 0.2) is 11.5 Å². The number of rotatable bonds is 2. The molecule has 5 rings (SSSR count). The van der Waals surface area contributed by atoms with Gasteiger partial charge in [-0.15, -0.1) is 0 Å². The highest BCUT2D eigenvalue weighted by molar-refractivity contribution is 7.89. The Morgan fingerprint density at radius 1 is 1.18 bits per heavy atom. The van der Waals surface area contributed by atoms with Crippen molar-refractivity contribution in [2.45, 2.75) is 23.8 Å². The third kappa shape index (κ3) is 2.29. The molecule has 0 radical (unpaired) electrons. The molecule has 9 heteroatoms. The summed E-state index contributed by atoms with van der Waals surface area (Å²) in [7, 11) is -2.09. The van der Waals surface area contributed by atoms with E-state index in [0.29, 0.717) is 11.5 Å². The number of sulfonamides is 1. The van der Waals surface area contributed by atoms with Gasteiger partial charge in [0.1, 0.15) is 0 Å². The number of nitrogens with zero attached hydrogens (tertiary/aromatic N) is 3. The van der Waals surface area contributed by atoms with Crippen molar-refractivity contribution in [3.05, 3.63) is 42.2 Å². The van der Waals surface area contributed by atoms with Crippen molar-refractivity contribution >= 4 is 21.6 Å². The summed E-state index contributed by atoms with van der Waals surface area (Å²) in [6.07, 6.45) is 3.38. The third-order valence-electron chi connectivity index (χ3n) is 5.93. The van der Waals surface area contributed by atoms with Gasteiger partial charge < -0.3 is 14.4 Å². The average molecular weight is 401 g/mol. The second-order valence-electron chi connectivity index (χ2n) is 7.29. The maximum Gasteiger partial charge on any atom is 0.243 e. The summed E-state index contributed by atoms with van der Waals surface area (Å²) in [6, 6.07) is 6.02. The van der Waals surface area contributed by atoms with E-state index in [0.717, 1.165) is 11.3 Å². The molecule has 1 aromatic heterocycles. The summed E-state index contributed by atoms with van der Waals surface area (Å²) in [6.45, 7) is 2.07. The molecular formula is C19H19N3O5S. The number of carbonyl (C=O) groups is 1. The van der Waals surface area contributed by atoms with Crippen LogP contribution in [0.5, 0.6) is 11.5 Å². The summed E-state index contributed by atoms with van der Waals surface area (Å²) in [5.41, 5.74) is 1.70. The first-order chi connectivity index (χ1) is 13.4. The van der Waals surface area contributed by atoms with Crippen LogP contribution in [0.25, 0.3) is 0 Å². The van der Waals surface area contributed by atoms with Gasteiger partial charge in [-0.3, -0.25) is 9.78 Å². The highest BCUT2D eigenvalue weighted by Gasteiger charge is 2.52. The number of pyridine rings is 1. The predicted molar refractivity (Wildman–Crippen MR) is 99.8 cm³/mol. The van der Waals surface area contributed by atoms with E-state index in [1.807, 2.05) is 6.92 Å². The first-order valence-corrected chi connectivity index (χ1v) is 10.5. The smallest absolute Gasteiger partial charge is 0.243 e. The molecule has 28 heavy (non-hydrogen) atoms. The molecule has 1 amide bonds. The zero-order valence-corrected chi connectivity index (χ0v) is 16.2. The van der Waals surface area contributed by atoms with Crippen LogP contribution in [0.1, 0.15) is 18.4 Å². The van der Waals surface area contributed by atoms with Crippen LogP contribution in [0.2, 0.25) is 0 Å². The van der Waals surface area contributed by atoms with Crippen LogP contribution >= 0.6 is 0 Å². The topological polar surface area (TPSA) is 89.0 Å². The first-order valence-electron chi connectivity index (χ1n) is 9.02. The second-order valence-corrected chi connectivity index (χ2v) is 9.18. The summed E-state index contributed by atoms with van der Waals surface area (Å²) < 4.78 is 38.8. The lowest BCUT2D eigenvalue weighted by atomic mass is 9.81. The molecule has 8 nitrogen and oxygen atoms in total. The average Bonchev–Trinajstić information content (AvgIpc) is 3.30. The molecule has 0 bridgehead atoms. The first kappa shape index (κ1) is 17.4.